The third-order valence-electron chi connectivity index (χ3n) is 9.22. The summed E-state index contributed by atoms with van der Waals surface area (Å²) in [5.41, 5.74) is 6.86. The number of carbonyl (C=O) groups excluding carboxylic acids is 2. The lowest BCUT2D eigenvalue weighted by Gasteiger charge is -2.50. The average Bonchev–Trinajstić information content (AvgIpc) is 3.56. The van der Waals surface area contributed by atoms with Crippen molar-refractivity contribution in [3.63, 3.8) is 0 Å². The number of rotatable bonds is 8. The van der Waals surface area contributed by atoms with Gasteiger partial charge in [-0.15, -0.1) is 11.3 Å². The summed E-state index contributed by atoms with van der Waals surface area (Å²) < 4.78 is 16.2. The van der Waals surface area contributed by atoms with Crippen LogP contribution in [0.2, 0.25) is 0 Å². The number of carbonyl (C=O) groups is 2. The molecule has 0 radical (unpaired) electrons. The van der Waals surface area contributed by atoms with Crippen molar-refractivity contribution in [1.82, 2.24) is 4.98 Å². The Morgan fingerprint density at radius 1 is 0.804 bits per heavy atom. The van der Waals surface area contributed by atoms with Gasteiger partial charge >= 0.3 is 0 Å². The number of ether oxygens (including phenoxy) is 3. The van der Waals surface area contributed by atoms with Gasteiger partial charge in [0, 0.05) is 46.2 Å². The van der Waals surface area contributed by atoms with Crippen LogP contribution in [0.1, 0.15) is 57.8 Å². The normalized spacial score (nSPS) is 19.0. The summed E-state index contributed by atoms with van der Waals surface area (Å²) in [4.78, 5) is 32.1. The maximum absolute atomic E-state index is 14.1. The van der Waals surface area contributed by atoms with Gasteiger partial charge in [0.15, 0.2) is 16.6 Å². The third-order valence-corrected chi connectivity index (χ3v) is 9.97. The molecular weight excluding hydrogens is 598 g/mol. The second-order valence-electron chi connectivity index (χ2n) is 11.8. The Morgan fingerprint density at radius 2 is 1.43 bits per heavy atom. The van der Waals surface area contributed by atoms with Gasteiger partial charge in [-0.1, -0.05) is 60.7 Å². The molecule has 2 amide bonds. The Kier molecular flexibility index (Phi) is 7.49. The summed E-state index contributed by atoms with van der Waals surface area (Å²) in [6, 6.07) is 27.6. The van der Waals surface area contributed by atoms with Crippen LogP contribution in [0.25, 0.3) is 11.3 Å². The van der Waals surface area contributed by atoms with E-state index in [9.17, 15) is 9.59 Å². The number of nitrogens with zero attached hydrogens (tertiary/aromatic N) is 1. The summed E-state index contributed by atoms with van der Waals surface area (Å²) in [7, 11) is 4.57. The van der Waals surface area contributed by atoms with Gasteiger partial charge in [0.1, 0.15) is 0 Å². The number of hydrogen-bond acceptors (Lipinski definition) is 7. The highest BCUT2D eigenvalue weighted by Gasteiger charge is 2.54. The topological polar surface area (TPSA) is 98.8 Å². The van der Waals surface area contributed by atoms with E-state index in [1.54, 1.807) is 24.3 Å². The molecule has 3 aliphatic rings. The van der Waals surface area contributed by atoms with Crippen LogP contribution < -0.4 is 24.8 Å². The zero-order chi connectivity index (χ0) is 32.0. The Bertz CT molecular complexity index is 1910. The molecule has 0 saturated heterocycles. The highest BCUT2D eigenvalue weighted by molar-refractivity contribution is 7.14. The fraction of sp³-hybridized carbons (Fsp3) is 0.216. The van der Waals surface area contributed by atoms with Gasteiger partial charge in [0.2, 0.25) is 11.7 Å². The van der Waals surface area contributed by atoms with E-state index in [4.69, 9.17) is 19.2 Å². The van der Waals surface area contributed by atoms with Gasteiger partial charge in [0.05, 0.1) is 32.4 Å². The molecule has 5 aromatic rings. The first-order valence-corrected chi connectivity index (χ1v) is 15.9. The molecule has 2 N–H and O–H groups in total. The van der Waals surface area contributed by atoms with Gasteiger partial charge < -0.3 is 24.8 Å². The molecule has 2 bridgehead atoms. The van der Waals surface area contributed by atoms with Crippen molar-refractivity contribution in [1.29, 1.82) is 0 Å². The molecule has 3 aliphatic carbocycles. The minimum absolute atomic E-state index is 0.0362. The Balaban J connectivity index is 1.10. The quantitative estimate of drug-likeness (QED) is 0.182. The first-order chi connectivity index (χ1) is 22.3. The molecular formula is C37H33N3O5S. The largest absolute Gasteiger partial charge is 0.493 e. The molecule has 232 valence electrons. The molecule has 1 unspecified atom stereocenters. The number of benzene rings is 4. The van der Waals surface area contributed by atoms with Crippen LogP contribution in [0, 0.1) is 5.41 Å². The minimum Gasteiger partial charge on any atom is -0.493 e. The van der Waals surface area contributed by atoms with E-state index < -0.39 is 5.41 Å². The number of fused-ring (bicyclic) bond motifs is 1. The van der Waals surface area contributed by atoms with Crippen molar-refractivity contribution < 1.29 is 23.8 Å². The van der Waals surface area contributed by atoms with Crippen LogP contribution in [0.15, 0.2) is 90.3 Å². The molecule has 0 aliphatic heterocycles. The Hall–Kier alpha value is -5.15. The minimum atomic E-state index is -0.635. The molecule has 9 heteroatoms. The van der Waals surface area contributed by atoms with Gasteiger partial charge in [0.25, 0.3) is 5.91 Å². The number of hydrogen-bond donors (Lipinski definition) is 2. The fourth-order valence-corrected chi connectivity index (χ4v) is 7.78. The molecule has 1 aromatic heterocycles. The molecule has 8 rings (SSSR count). The van der Waals surface area contributed by atoms with Gasteiger partial charge in [-0.2, -0.15) is 0 Å². The lowest BCUT2D eigenvalue weighted by Crippen LogP contribution is -2.47. The van der Waals surface area contributed by atoms with E-state index >= 15 is 0 Å². The Morgan fingerprint density at radius 3 is 2.04 bits per heavy atom. The average molecular weight is 632 g/mol. The van der Waals surface area contributed by atoms with E-state index in [0.717, 1.165) is 12.0 Å². The molecule has 0 fully saturated rings. The van der Waals surface area contributed by atoms with Gasteiger partial charge in [-0.25, -0.2) is 4.98 Å². The zero-order valence-corrected chi connectivity index (χ0v) is 26.7. The predicted molar refractivity (Wildman–Crippen MR) is 180 cm³/mol. The lowest BCUT2D eigenvalue weighted by atomic mass is 9.52. The summed E-state index contributed by atoms with van der Waals surface area (Å²) in [6.07, 6.45) is 0.735. The fourth-order valence-electron chi connectivity index (χ4n) is 7.07. The number of nitrogens with one attached hydrogen (secondary N) is 2. The van der Waals surface area contributed by atoms with E-state index in [1.807, 2.05) is 17.5 Å². The van der Waals surface area contributed by atoms with Crippen molar-refractivity contribution in [3.05, 3.63) is 118 Å². The van der Waals surface area contributed by atoms with Crippen molar-refractivity contribution in [2.45, 2.75) is 25.2 Å². The number of amides is 2. The number of thiazole rings is 1. The zero-order valence-electron chi connectivity index (χ0n) is 25.9. The van der Waals surface area contributed by atoms with E-state index in [0.29, 0.717) is 39.3 Å². The highest BCUT2D eigenvalue weighted by atomic mass is 32.1. The van der Waals surface area contributed by atoms with Crippen LogP contribution in [0.5, 0.6) is 17.2 Å². The smallest absolute Gasteiger partial charge is 0.255 e. The van der Waals surface area contributed by atoms with Crippen LogP contribution in [0.4, 0.5) is 10.8 Å². The van der Waals surface area contributed by atoms with Gasteiger partial charge in [-0.3, -0.25) is 9.59 Å². The van der Waals surface area contributed by atoms with Crippen LogP contribution in [-0.4, -0.2) is 38.1 Å². The van der Waals surface area contributed by atoms with E-state index in [-0.39, 0.29) is 23.7 Å². The molecule has 4 aromatic carbocycles. The summed E-state index contributed by atoms with van der Waals surface area (Å²) in [5, 5.41) is 8.47. The second-order valence-corrected chi connectivity index (χ2v) is 12.7. The standard InChI is InChI=1S/C37H33N3O5S/c1-37(19-28-24-12-5-7-14-26(24)32(37)27-15-8-6-13-25(27)28)35(42)40-36-39-29(20-46-36)21-10-9-11-22(16-21)34(41)38-23-17-30(43-2)33(45-4)31(18-23)44-3/h5-18,20,28,32H,19H2,1-4H3,(H,38,41)(H,39,40,42). The van der Waals surface area contributed by atoms with Crippen molar-refractivity contribution in [2.75, 3.05) is 32.0 Å². The molecule has 1 atom stereocenters. The predicted octanol–water partition coefficient (Wildman–Crippen LogP) is 7.71. The SMILES string of the molecule is COc1cc(NC(=O)c2cccc(-c3csc(NC(=O)C4(C)CC5c6ccccc6C4c4ccccc45)n3)c2)cc(OC)c1OC. The van der Waals surface area contributed by atoms with Crippen LogP contribution >= 0.6 is 11.3 Å². The maximum Gasteiger partial charge on any atom is 0.255 e. The highest BCUT2D eigenvalue weighted by Crippen LogP contribution is 2.61. The van der Waals surface area contributed by atoms with Gasteiger partial charge in [-0.05, 0) is 47.7 Å². The van der Waals surface area contributed by atoms with E-state index in [1.165, 1.54) is 54.9 Å². The van der Waals surface area contributed by atoms with Crippen molar-refractivity contribution in [3.8, 4) is 28.5 Å². The first-order valence-electron chi connectivity index (χ1n) is 15.0. The molecule has 0 saturated carbocycles. The van der Waals surface area contributed by atoms with Crippen LogP contribution in [0.3, 0.4) is 0 Å². The molecule has 8 nitrogen and oxygen atoms in total. The monoisotopic (exact) mass is 631 g/mol. The lowest BCUT2D eigenvalue weighted by molar-refractivity contribution is -0.126. The number of anilines is 2. The van der Waals surface area contributed by atoms with Crippen LogP contribution in [-0.2, 0) is 4.79 Å². The summed E-state index contributed by atoms with van der Waals surface area (Å²) in [6.45, 7) is 2.08. The summed E-state index contributed by atoms with van der Waals surface area (Å²) >= 11 is 1.37. The number of methoxy groups -OCH3 is 3. The maximum atomic E-state index is 14.1. The van der Waals surface area contributed by atoms with Crippen molar-refractivity contribution in [2.24, 2.45) is 5.41 Å². The van der Waals surface area contributed by atoms with Crippen molar-refractivity contribution >= 4 is 34.0 Å². The molecule has 46 heavy (non-hydrogen) atoms. The first kappa shape index (κ1) is 29.6. The Labute approximate surface area is 271 Å². The molecule has 0 spiro atoms. The molecule has 1 heterocycles. The van der Waals surface area contributed by atoms with E-state index in [2.05, 4.69) is 66.1 Å². The second kappa shape index (κ2) is 11.7. The number of aromatic nitrogens is 1. The third kappa shape index (κ3) is 4.87. The summed E-state index contributed by atoms with van der Waals surface area (Å²) in [5.74, 6) is 1.11.